The zero-order chi connectivity index (χ0) is 38.5. The number of aryl methyl sites for hydroxylation is 4. The minimum absolute atomic E-state index is 0.615. The van der Waals surface area contributed by atoms with Gasteiger partial charge >= 0.3 is 0 Å². The van der Waals surface area contributed by atoms with Gasteiger partial charge in [0.05, 0.1) is 44.5 Å². The van der Waals surface area contributed by atoms with Crippen LogP contribution in [0.5, 0.6) is 0 Å². The molecule has 7 aromatic carbocycles. The predicted molar refractivity (Wildman–Crippen MR) is 236 cm³/mol. The van der Waals surface area contributed by atoms with Crippen molar-refractivity contribution in [2.45, 2.75) is 27.7 Å². The molecule has 4 heterocycles. The molecular formula is C52H37N5. The first kappa shape index (κ1) is 33.0. The van der Waals surface area contributed by atoms with Gasteiger partial charge in [0, 0.05) is 50.4 Å². The first-order valence-corrected chi connectivity index (χ1v) is 19.4. The van der Waals surface area contributed by atoms with Gasteiger partial charge in [-0.25, -0.2) is 0 Å². The maximum absolute atomic E-state index is 11.4. The maximum atomic E-state index is 11.4. The summed E-state index contributed by atoms with van der Waals surface area (Å²) >= 11 is 0. The highest BCUT2D eigenvalue weighted by atomic mass is 15.0. The van der Waals surface area contributed by atoms with Crippen LogP contribution in [0, 0.1) is 39.0 Å². The molecule has 0 fully saturated rings. The van der Waals surface area contributed by atoms with Gasteiger partial charge in [-0.2, -0.15) is 5.26 Å². The summed E-state index contributed by atoms with van der Waals surface area (Å²) in [5, 5.41) is 18.4. The number of hydrogen-bond acceptors (Lipinski definition) is 2. The summed E-state index contributed by atoms with van der Waals surface area (Å²) in [4.78, 5) is 4.48. The van der Waals surface area contributed by atoms with Crippen LogP contribution in [0.15, 0.2) is 152 Å². The monoisotopic (exact) mass is 731 g/mol. The summed E-state index contributed by atoms with van der Waals surface area (Å²) < 4.78 is 6.94. The molecule has 0 aliphatic carbocycles. The van der Waals surface area contributed by atoms with Gasteiger partial charge in [0.15, 0.2) is 0 Å². The summed E-state index contributed by atoms with van der Waals surface area (Å²) in [6, 6.07) is 53.2. The van der Waals surface area contributed by atoms with Gasteiger partial charge in [-0.3, -0.25) is 4.98 Å². The lowest BCUT2D eigenvalue weighted by molar-refractivity contribution is 1.12. The van der Waals surface area contributed by atoms with Gasteiger partial charge in [0.2, 0.25) is 0 Å². The summed E-state index contributed by atoms with van der Waals surface area (Å²) in [5.74, 6) is 0. The van der Waals surface area contributed by atoms with Crippen molar-refractivity contribution in [1.82, 2.24) is 18.7 Å². The van der Waals surface area contributed by atoms with Crippen molar-refractivity contribution in [3.05, 3.63) is 180 Å². The Labute approximate surface area is 329 Å². The lowest BCUT2D eigenvalue weighted by atomic mass is 9.99. The van der Waals surface area contributed by atoms with Gasteiger partial charge < -0.3 is 13.7 Å². The Hall–Kier alpha value is -7.42. The van der Waals surface area contributed by atoms with E-state index in [0.29, 0.717) is 5.56 Å². The molecule has 57 heavy (non-hydrogen) atoms. The number of pyridine rings is 1. The van der Waals surface area contributed by atoms with E-state index in [1.807, 2.05) is 12.4 Å². The van der Waals surface area contributed by atoms with Crippen LogP contribution >= 0.6 is 0 Å². The van der Waals surface area contributed by atoms with Crippen LogP contribution in [0.3, 0.4) is 0 Å². The summed E-state index contributed by atoms with van der Waals surface area (Å²) in [6.07, 6.45) is 3.82. The van der Waals surface area contributed by atoms with Gasteiger partial charge in [0.1, 0.15) is 11.6 Å². The van der Waals surface area contributed by atoms with Crippen LogP contribution in [0.2, 0.25) is 0 Å². The molecule has 11 aromatic rings. The standard InChI is InChI=1S/C52H37N5/c1-31-12-16-46-39(22-31)40-23-32(2)13-17-47(40)56(46)51-27-36(35-8-7-9-37(26-35)55-45-11-6-5-10-38(45)44-30-54-21-20-50(44)55)28-52(43(51)29-53)57-48-18-14-33(3)24-41(48)42-25-34(4)15-19-49(42)57/h5-28,30H,1-4H3. The molecule has 11 rings (SSSR count). The minimum atomic E-state index is 0.615. The number of fused-ring (bicyclic) bond motifs is 9. The van der Waals surface area contributed by atoms with E-state index in [-0.39, 0.29) is 0 Å². The van der Waals surface area contributed by atoms with E-state index in [1.165, 1.54) is 49.2 Å². The third-order valence-electron chi connectivity index (χ3n) is 11.8. The Morgan fingerprint density at radius 1 is 0.421 bits per heavy atom. The molecule has 0 saturated carbocycles. The average molecular weight is 732 g/mol. The fraction of sp³-hybridized carbons (Fsp3) is 0.0769. The third-order valence-corrected chi connectivity index (χ3v) is 11.8. The number of para-hydroxylation sites is 1. The Kier molecular flexibility index (Phi) is 7.11. The highest BCUT2D eigenvalue weighted by molar-refractivity contribution is 6.12. The number of aromatic nitrogens is 4. The molecule has 270 valence electrons. The topological polar surface area (TPSA) is 51.5 Å². The maximum Gasteiger partial charge on any atom is 0.104 e. The first-order chi connectivity index (χ1) is 27.9. The normalized spacial score (nSPS) is 11.8. The van der Waals surface area contributed by atoms with Crippen LogP contribution in [0.1, 0.15) is 27.8 Å². The molecular weight excluding hydrogens is 695 g/mol. The summed E-state index contributed by atoms with van der Waals surface area (Å²) in [6.45, 7) is 8.57. The van der Waals surface area contributed by atoms with Crippen molar-refractivity contribution in [3.8, 4) is 34.3 Å². The SMILES string of the molecule is Cc1ccc2c(c1)c1cc(C)ccc1n2-c1cc(-c2cccc(-n3c4ccccc4c4cnccc43)c2)cc(-n2c3ccc(C)cc3c3cc(C)ccc32)c1C#N. The second kappa shape index (κ2) is 12.3. The van der Waals surface area contributed by atoms with Gasteiger partial charge in [-0.1, -0.05) is 76.9 Å². The molecule has 5 heteroatoms. The van der Waals surface area contributed by atoms with E-state index in [1.54, 1.807) is 0 Å². The van der Waals surface area contributed by atoms with Crippen LogP contribution < -0.4 is 0 Å². The smallest absolute Gasteiger partial charge is 0.104 e. The number of nitrogens with zero attached hydrogens (tertiary/aromatic N) is 5. The van der Waals surface area contributed by atoms with Crippen molar-refractivity contribution < 1.29 is 0 Å². The second-order valence-corrected chi connectivity index (χ2v) is 15.6. The zero-order valence-electron chi connectivity index (χ0n) is 32.2. The summed E-state index contributed by atoms with van der Waals surface area (Å²) in [5.41, 5.74) is 16.8. The molecule has 0 bridgehead atoms. The molecule has 0 N–H and O–H groups in total. The van der Waals surface area contributed by atoms with Crippen molar-refractivity contribution in [1.29, 1.82) is 5.26 Å². The van der Waals surface area contributed by atoms with E-state index in [9.17, 15) is 5.26 Å². The fourth-order valence-corrected chi connectivity index (χ4v) is 9.19. The Bertz CT molecular complexity index is 3210. The molecule has 0 aliphatic heterocycles. The van der Waals surface area contributed by atoms with Crippen molar-refractivity contribution >= 4 is 65.4 Å². The van der Waals surface area contributed by atoms with Crippen molar-refractivity contribution in [2.75, 3.05) is 0 Å². The molecule has 0 amide bonds. The predicted octanol–water partition coefficient (Wildman–Crippen LogP) is 13.1. The largest absolute Gasteiger partial charge is 0.309 e. The summed E-state index contributed by atoms with van der Waals surface area (Å²) in [7, 11) is 0. The second-order valence-electron chi connectivity index (χ2n) is 15.6. The number of nitriles is 1. The fourth-order valence-electron chi connectivity index (χ4n) is 9.19. The zero-order valence-corrected chi connectivity index (χ0v) is 32.2. The highest BCUT2D eigenvalue weighted by Gasteiger charge is 2.23. The third kappa shape index (κ3) is 4.91. The molecule has 0 aliphatic rings. The average Bonchev–Trinajstić information content (AvgIpc) is 3.85. The number of rotatable bonds is 4. The van der Waals surface area contributed by atoms with Gasteiger partial charge in [-0.05, 0) is 124 Å². The number of benzene rings is 7. The van der Waals surface area contributed by atoms with Crippen LogP contribution in [0.4, 0.5) is 0 Å². The Morgan fingerprint density at radius 3 is 1.44 bits per heavy atom. The quantitative estimate of drug-likeness (QED) is 0.181. The van der Waals surface area contributed by atoms with Crippen LogP contribution in [-0.2, 0) is 0 Å². The molecule has 4 aromatic heterocycles. The van der Waals surface area contributed by atoms with E-state index < -0.39 is 0 Å². The molecule has 5 nitrogen and oxygen atoms in total. The van der Waals surface area contributed by atoms with E-state index >= 15 is 0 Å². The molecule has 0 saturated heterocycles. The van der Waals surface area contributed by atoms with Crippen LogP contribution in [0.25, 0.3) is 93.6 Å². The van der Waals surface area contributed by atoms with E-state index in [2.05, 4.69) is 192 Å². The van der Waals surface area contributed by atoms with Crippen molar-refractivity contribution in [2.24, 2.45) is 0 Å². The van der Waals surface area contributed by atoms with Crippen molar-refractivity contribution in [3.63, 3.8) is 0 Å². The molecule has 0 radical (unpaired) electrons. The lowest BCUT2D eigenvalue weighted by Crippen LogP contribution is -2.05. The number of hydrogen-bond donors (Lipinski definition) is 0. The highest BCUT2D eigenvalue weighted by Crippen LogP contribution is 2.41. The molecule has 0 atom stereocenters. The van der Waals surface area contributed by atoms with Crippen LogP contribution in [-0.4, -0.2) is 18.7 Å². The Balaban J connectivity index is 1.26. The van der Waals surface area contributed by atoms with Gasteiger partial charge in [-0.15, -0.1) is 0 Å². The molecule has 0 unspecified atom stereocenters. The molecule has 0 spiro atoms. The lowest BCUT2D eigenvalue weighted by Gasteiger charge is -2.19. The minimum Gasteiger partial charge on any atom is -0.309 e. The van der Waals surface area contributed by atoms with Gasteiger partial charge in [0.25, 0.3) is 0 Å². The van der Waals surface area contributed by atoms with E-state index in [4.69, 9.17) is 0 Å². The van der Waals surface area contributed by atoms with E-state index in [0.717, 1.165) is 66.7 Å². The Morgan fingerprint density at radius 2 is 0.912 bits per heavy atom. The first-order valence-electron chi connectivity index (χ1n) is 19.4.